The summed E-state index contributed by atoms with van der Waals surface area (Å²) in [6.45, 7) is 1.76. The number of anilines is 3. The molecule has 9 heteroatoms. The van der Waals surface area contributed by atoms with Crippen molar-refractivity contribution in [2.45, 2.75) is 44.7 Å². The molecule has 1 aromatic carbocycles. The Labute approximate surface area is 166 Å². The summed E-state index contributed by atoms with van der Waals surface area (Å²) in [7, 11) is 0. The Bertz CT molecular complexity index is 1070. The van der Waals surface area contributed by atoms with Gasteiger partial charge in [-0.15, -0.1) is 0 Å². The number of primary amides is 1. The number of carbonyl (C=O) groups excluding carboxylic acids is 1. The van der Waals surface area contributed by atoms with Crippen LogP contribution in [0.2, 0.25) is 0 Å². The molecule has 0 aliphatic heterocycles. The zero-order chi connectivity index (χ0) is 20.5. The average molecular weight is 398 g/mol. The van der Waals surface area contributed by atoms with Crippen molar-refractivity contribution in [3.63, 3.8) is 0 Å². The Morgan fingerprint density at radius 3 is 2.76 bits per heavy atom. The summed E-state index contributed by atoms with van der Waals surface area (Å²) in [5.74, 6) is -0.684. The lowest BCUT2D eigenvalue weighted by Gasteiger charge is -2.30. The third kappa shape index (κ3) is 4.00. The van der Waals surface area contributed by atoms with E-state index < -0.39 is 11.7 Å². The number of nitrogens with zero attached hydrogens (tertiary/aromatic N) is 2. The fourth-order valence-electron chi connectivity index (χ4n) is 3.64. The number of nitrogens with one attached hydrogen (secondary N) is 2. The number of aromatic nitrogens is 2. The number of benzene rings is 1. The number of halogens is 1. The second-order valence-electron chi connectivity index (χ2n) is 7.32. The second-order valence-corrected chi connectivity index (χ2v) is 7.32. The standard InChI is InChI=1S/C20H23FN6O2/c1-10-24-16-8-11(6-7-17(16)29-10)25-19-12(18(23)28)9-13(21)20(27-19)26-15-5-3-2-4-14(15)22/h6-9,14-15H,2-5,22H2,1H3,(H2,23,28)(H2,25,26,27). The van der Waals surface area contributed by atoms with Gasteiger partial charge in [0.1, 0.15) is 11.3 Å². The highest BCUT2D eigenvalue weighted by Crippen LogP contribution is 2.28. The highest BCUT2D eigenvalue weighted by atomic mass is 19.1. The van der Waals surface area contributed by atoms with Gasteiger partial charge in [0.25, 0.3) is 5.91 Å². The van der Waals surface area contributed by atoms with Crippen molar-refractivity contribution in [3.8, 4) is 0 Å². The first-order valence-electron chi connectivity index (χ1n) is 9.57. The van der Waals surface area contributed by atoms with Crippen LogP contribution in [0, 0.1) is 12.7 Å². The van der Waals surface area contributed by atoms with Gasteiger partial charge in [-0.05, 0) is 37.1 Å². The Balaban J connectivity index is 1.66. The number of rotatable bonds is 5. The molecule has 8 nitrogen and oxygen atoms in total. The van der Waals surface area contributed by atoms with Crippen LogP contribution in [0.3, 0.4) is 0 Å². The lowest BCUT2D eigenvalue weighted by molar-refractivity contribution is 0.100. The third-order valence-electron chi connectivity index (χ3n) is 5.14. The fraction of sp³-hybridized carbons (Fsp3) is 0.350. The van der Waals surface area contributed by atoms with E-state index >= 15 is 0 Å². The molecular weight excluding hydrogens is 375 g/mol. The molecule has 3 aromatic rings. The molecule has 0 radical (unpaired) electrons. The normalized spacial score (nSPS) is 19.3. The van der Waals surface area contributed by atoms with Gasteiger partial charge in [0.2, 0.25) is 0 Å². The van der Waals surface area contributed by atoms with Crippen molar-refractivity contribution in [2.24, 2.45) is 11.5 Å². The van der Waals surface area contributed by atoms with Gasteiger partial charge in [0.15, 0.2) is 23.1 Å². The molecule has 2 unspecified atom stereocenters. The van der Waals surface area contributed by atoms with Crippen LogP contribution in [0.1, 0.15) is 41.9 Å². The molecule has 1 aliphatic carbocycles. The minimum atomic E-state index is -0.779. The maximum Gasteiger partial charge on any atom is 0.252 e. The number of fused-ring (bicyclic) bond motifs is 1. The van der Waals surface area contributed by atoms with Gasteiger partial charge in [-0.2, -0.15) is 0 Å². The van der Waals surface area contributed by atoms with E-state index in [0.29, 0.717) is 22.7 Å². The monoisotopic (exact) mass is 398 g/mol. The quantitative estimate of drug-likeness (QED) is 0.519. The maximum absolute atomic E-state index is 14.6. The molecule has 0 bridgehead atoms. The van der Waals surface area contributed by atoms with E-state index in [1.807, 2.05) is 0 Å². The van der Waals surface area contributed by atoms with Crippen molar-refractivity contribution in [2.75, 3.05) is 10.6 Å². The third-order valence-corrected chi connectivity index (χ3v) is 5.14. The molecule has 6 N–H and O–H groups in total. The number of carbonyl (C=O) groups is 1. The summed E-state index contributed by atoms with van der Waals surface area (Å²) in [6.07, 6.45) is 3.80. The number of oxazole rings is 1. The van der Waals surface area contributed by atoms with Gasteiger partial charge >= 0.3 is 0 Å². The molecule has 2 heterocycles. The van der Waals surface area contributed by atoms with Crippen LogP contribution in [0.5, 0.6) is 0 Å². The number of hydrogen-bond acceptors (Lipinski definition) is 7. The van der Waals surface area contributed by atoms with Crippen LogP contribution in [-0.4, -0.2) is 28.0 Å². The summed E-state index contributed by atoms with van der Waals surface area (Å²) in [5, 5.41) is 6.13. The zero-order valence-electron chi connectivity index (χ0n) is 16.0. The molecule has 152 valence electrons. The van der Waals surface area contributed by atoms with Gasteiger partial charge < -0.3 is 26.5 Å². The van der Waals surface area contributed by atoms with E-state index in [4.69, 9.17) is 15.9 Å². The van der Waals surface area contributed by atoms with Crippen molar-refractivity contribution < 1.29 is 13.6 Å². The number of pyridine rings is 1. The number of nitrogens with two attached hydrogens (primary N) is 2. The van der Waals surface area contributed by atoms with Crippen molar-refractivity contribution in [1.82, 2.24) is 9.97 Å². The van der Waals surface area contributed by atoms with E-state index in [1.165, 1.54) is 0 Å². The molecule has 2 atom stereocenters. The fourth-order valence-corrected chi connectivity index (χ4v) is 3.64. The van der Waals surface area contributed by atoms with Crippen LogP contribution in [0.4, 0.5) is 21.7 Å². The Hall–Kier alpha value is -3.20. The predicted octanol–water partition coefficient (Wildman–Crippen LogP) is 3.19. The number of aryl methyl sites for hydroxylation is 1. The van der Waals surface area contributed by atoms with Crippen molar-refractivity contribution in [3.05, 3.63) is 41.5 Å². The highest BCUT2D eigenvalue weighted by molar-refractivity contribution is 5.98. The van der Waals surface area contributed by atoms with Gasteiger partial charge in [0, 0.05) is 24.7 Å². The van der Waals surface area contributed by atoms with Gasteiger partial charge in [-0.1, -0.05) is 12.8 Å². The number of amides is 1. The molecule has 1 amide bonds. The van der Waals surface area contributed by atoms with Crippen LogP contribution in [-0.2, 0) is 0 Å². The van der Waals surface area contributed by atoms with Crippen molar-refractivity contribution in [1.29, 1.82) is 0 Å². The van der Waals surface area contributed by atoms with E-state index in [2.05, 4.69) is 20.6 Å². The van der Waals surface area contributed by atoms with E-state index in [-0.39, 0.29) is 29.3 Å². The molecule has 4 rings (SSSR count). The van der Waals surface area contributed by atoms with Gasteiger partial charge in [-0.25, -0.2) is 14.4 Å². The summed E-state index contributed by atoms with van der Waals surface area (Å²) < 4.78 is 20.1. The largest absolute Gasteiger partial charge is 0.441 e. The minimum Gasteiger partial charge on any atom is -0.441 e. The van der Waals surface area contributed by atoms with Crippen LogP contribution in [0.25, 0.3) is 11.1 Å². The Morgan fingerprint density at radius 1 is 1.21 bits per heavy atom. The lowest BCUT2D eigenvalue weighted by atomic mass is 9.91. The maximum atomic E-state index is 14.6. The summed E-state index contributed by atoms with van der Waals surface area (Å²) in [6, 6.07) is 6.21. The van der Waals surface area contributed by atoms with Crippen molar-refractivity contribution >= 4 is 34.3 Å². The predicted molar refractivity (Wildman–Crippen MR) is 109 cm³/mol. The molecule has 2 aromatic heterocycles. The van der Waals surface area contributed by atoms with Gasteiger partial charge in [-0.3, -0.25) is 4.79 Å². The first-order chi connectivity index (χ1) is 13.9. The SMILES string of the molecule is Cc1nc2cc(Nc3nc(NC4CCCCC4N)c(F)cc3C(N)=O)ccc2o1. The van der Waals surface area contributed by atoms with Crippen LogP contribution < -0.4 is 22.1 Å². The molecule has 1 aliphatic rings. The first-order valence-corrected chi connectivity index (χ1v) is 9.57. The summed E-state index contributed by atoms with van der Waals surface area (Å²) in [5.41, 5.74) is 13.5. The van der Waals surface area contributed by atoms with Crippen LogP contribution in [0.15, 0.2) is 28.7 Å². The van der Waals surface area contributed by atoms with Crippen LogP contribution >= 0.6 is 0 Å². The Kier molecular flexibility index (Phi) is 5.06. The lowest BCUT2D eigenvalue weighted by Crippen LogP contribution is -2.43. The molecular formula is C20H23FN6O2. The molecule has 0 spiro atoms. The summed E-state index contributed by atoms with van der Waals surface area (Å²) in [4.78, 5) is 20.4. The number of hydrogen-bond donors (Lipinski definition) is 4. The average Bonchev–Trinajstić information content (AvgIpc) is 3.05. The molecule has 1 fully saturated rings. The molecule has 1 saturated carbocycles. The molecule has 29 heavy (non-hydrogen) atoms. The minimum absolute atomic E-state index is 0.0400. The first kappa shape index (κ1) is 19.1. The highest BCUT2D eigenvalue weighted by Gasteiger charge is 2.24. The van der Waals surface area contributed by atoms with E-state index in [0.717, 1.165) is 31.7 Å². The topological polar surface area (TPSA) is 132 Å². The van der Waals surface area contributed by atoms with E-state index in [9.17, 15) is 9.18 Å². The second kappa shape index (κ2) is 7.67. The zero-order valence-corrected chi connectivity index (χ0v) is 16.0. The smallest absolute Gasteiger partial charge is 0.252 e. The summed E-state index contributed by atoms with van der Waals surface area (Å²) >= 11 is 0. The molecule has 0 saturated heterocycles. The van der Waals surface area contributed by atoms with E-state index in [1.54, 1.807) is 25.1 Å². The van der Waals surface area contributed by atoms with Gasteiger partial charge in [0.05, 0.1) is 5.56 Å². The Morgan fingerprint density at radius 2 is 2.00 bits per heavy atom.